The second-order valence-corrected chi connectivity index (χ2v) is 3.87. The van der Waals surface area contributed by atoms with Gasteiger partial charge in [0.15, 0.2) is 5.78 Å². The fraction of sp³-hybridized carbons (Fsp3) is 0.0714. The summed E-state index contributed by atoms with van der Waals surface area (Å²) < 4.78 is 40.2. The molecule has 0 unspecified atom stereocenters. The van der Waals surface area contributed by atoms with E-state index in [2.05, 4.69) is 0 Å². The minimum absolute atomic E-state index is 0.125. The average molecular weight is 250 g/mol. The highest BCUT2D eigenvalue weighted by Gasteiger charge is 2.13. The predicted octanol–water partition coefficient (Wildman–Crippen LogP) is 3.97. The van der Waals surface area contributed by atoms with Gasteiger partial charge in [0.1, 0.15) is 17.5 Å². The molecule has 0 atom stereocenters. The summed E-state index contributed by atoms with van der Waals surface area (Å²) in [5.41, 5.74) is -0.0784. The van der Waals surface area contributed by atoms with Gasteiger partial charge < -0.3 is 0 Å². The summed E-state index contributed by atoms with van der Waals surface area (Å²) in [5, 5.41) is 0. The van der Waals surface area contributed by atoms with Crippen molar-refractivity contribution < 1.29 is 18.0 Å². The van der Waals surface area contributed by atoms with Gasteiger partial charge in [0.2, 0.25) is 0 Å². The number of benzene rings is 2. The zero-order valence-corrected chi connectivity index (χ0v) is 9.51. The van der Waals surface area contributed by atoms with Gasteiger partial charge in [-0.1, -0.05) is 0 Å². The Balaban J connectivity index is 2.66. The number of hydrogen-bond acceptors (Lipinski definition) is 1. The molecular formula is C14H9F3O. The maximum Gasteiger partial charge on any atom is 0.159 e. The SMILES string of the molecule is CC(=O)c1ccc(F)c(-c2cc(F)ccc2F)c1. The highest BCUT2D eigenvalue weighted by Crippen LogP contribution is 2.27. The molecule has 92 valence electrons. The van der Waals surface area contributed by atoms with Crippen molar-refractivity contribution in [3.63, 3.8) is 0 Å². The van der Waals surface area contributed by atoms with E-state index in [0.29, 0.717) is 0 Å². The van der Waals surface area contributed by atoms with Crippen LogP contribution in [0.15, 0.2) is 36.4 Å². The second-order valence-electron chi connectivity index (χ2n) is 3.87. The van der Waals surface area contributed by atoms with Crippen LogP contribution in [0, 0.1) is 17.5 Å². The lowest BCUT2D eigenvalue weighted by Crippen LogP contribution is -1.96. The molecule has 0 spiro atoms. The Morgan fingerprint density at radius 3 is 2.06 bits per heavy atom. The van der Waals surface area contributed by atoms with Crippen LogP contribution in [0.3, 0.4) is 0 Å². The zero-order valence-electron chi connectivity index (χ0n) is 9.51. The zero-order chi connectivity index (χ0) is 13.3. The van der Waals surface area contributed by atoms with Crippen molar-refractivity contribution in [3.8, 4) is 11.1 Å². The van der Waals surface area contributed by atoms with E-state index < -0.39 is 17.5 Å². The number of rotatable bonds is 2. The smallest absolute Gasteiger partial charge is 0.159 e. The Hall–Kier alpha value is -2.10. The van der Waals surface area contributed by atoms with Gasteiger partial charge in [-0.3, -0.25) is 4.79 Å². The monoisotopic (exact) mass is 250 g/mol. The molecule has 0 saturated carbocycles. The van der Waals surface area contributed by atoms with Crippen LogP contribution in [0.1, 0.15) is 17.3 Å². The summed E-state index contributed by atoms with van der Waals surface area (Å²) in [6.45, 7) is 1.32. The number of halogens is 3. The highest BCUT2D eigenvalue weighted by atomic mass is 19.1. The molecule has 2 rings (SSSR count). The molecule has 0 radical (unpaired) electrons. The molecule has 0 bridgehead atoms. The van der Waals surface area contributed by atoms with Crippen LogP contribution >= 0.6 is 0 Å². The highest BCUT2D eigenvalue weighted by molar-refractivity contribution is 5.95. The lowest BCUT2D eigenvalue weighted by Gasteiger charge is -2.07. The van der Waals surface area contributed by atoms with Gasteiger partial charge >= 0.3 is 0 Å². The van der Waals surface area contributed by atoms with Gasteiger partial charge in [-0.25, -0.2) is 13.2 Å². The van der Waals surface area contributed by atoms with Crippen molar-refractivity contribution in [1.82, 2.24) is 0 Å². The molecule has 0 saturated heterocycles. The molecule has 0 N–H and O–H groups in total. The molecule has 0 aliphatic rings. The van der Waals surface area contributed by atoms with Gasteiger partial charge in [-0.2, -0.15) is 0 Å². The predicted molar refractivity (Wildman–Crippen MR) is 61.8 cm³/mol. The topological polar surface area (TPSA) is 17.1 Å². The van der Waals surface area contributed by atoms with Crippen molar-refractivity contribution in [1.29, 1.82) is 0 Å². The Morgan fingerprint density at radius 1 is 0.889 bits per heavy atom. The van der Waals surface area contributed by atoms with Crippen molar-refractivity contribution in [3.05, 3.63) is 59.4 Å². The van der Waals surface area contributed by atoms with Crippen molar-refractivity contribution in [2.45, 2.75) is 6.92 Å². The molecular weight excluding hydrogens is 241 g/mol. The second kappa shape index (κ2) is 4.64. The molecule has 0 fully saturated rings. The quantitative estimate of drug-likeness (QED) is 0.737. The first-order chi connectivity index (χ1) is 8.49. The van der Waals surface area contributed by atoms with Crippen molar-refractivity contribution in [2.24, 2.45) is 0 Å². The van der Waals surface area contributed by atoms with E-state index in [1.54, 1.807) is 0 Å². The van der Waals surface area contributed by atoms with Crippen LogP contribution in [0.2, 0.25) is 0 Å². The lowest BCUT2D eigenvalue weighted by molar-refractivity contribution is 0.101. The molecule has 2 aromatic carbocycles. The maximum absolute atomic E-state index is 13.6. The fourth-order valence-corrected chi connectivity index (χ4v) is 1.65. The molecule has 4 heteroatoms. The summed E-state index contributed by atoms with van der Waals surface area (Å²) in [7, 11) is 0. The summed E-state index contributed by atoms with van der Waals surface area (Å²) >= 11 is 0. The van der Waals surface area contributed by atoms with E-state index in [1.807, 2.05) is 0 Å². The standard InChI is InChI=1S/C14H9F3O/c1-8(18)9-2-4-13(16)11(6-9)12-7-10(15)3-5-14(12)17/h2-7H,1H3. The van der Waals surface area contributed by atoms with E-state index in [1.165, 1.54) is 19.1 Å². The third-order valence-electron chi connectivity index (χ3n) is 2.59. The average Bonchev–Trinajstić information content (AvgIpc) is 2.33. The summed E-state index contributed by atoms with van der Waals surface area (Å²) in [4.78, 5) is 11.2. The molecule has 18 heavy (non-hydrogen) atoms. The van der Waals surface area contributed by atoms with Crippen LogP contribution < -0.4 is 0 Å². The van der Waals surface area contributed by atoms with Crippen LogP contribution in [-0.4, -0.2) is 5.78 Å². The van der Waals surface area contributed by atoms with E-state index in [0.717, 1.165) is 24.3 Å². The van der Waals surface area contributed by atoms with Gasteiger partial charge in [0.05, 0.1) is 0 Å². The van der Waals surface area contributed by atoms with Crippen molar-refractivity contribution >= 4 is 5.78 Å². The number of carbonyl (C=O) groups is 1. The third-order valence-corrected chi connectivity index (χ3v) is 2.59. The van der Waals surface area contributed by atoms with Gasteiger partial charge in [-0.15, -0.1) is 0 Å². The van der Waals surface area contributed by atoms with Gasteiger partial charge in [-0.05, 0) is 43.3 Å². The Bertz CT molecular complexity index is 620. The largest absolute Gasteiger partial charge is 0.295 e. The van der Waals surface area contributed by atoms with Crippen LogP contribution in [0.25, 0.3) is 11.1 Å². The minimum Gasteiger partial charge on any atom is -0.295 e. The number of carbonyl (C=O) groups excluding carboxylic acids is 1. The molecule has 0 amide bonds. The fourth-order valence-electron chi connectivity index (χ4n) is 1.65. The molecule has 2 aromatic rings. The van der Waals surface area contributed by atoms with E-state index in [4.69, 9.17) is 0 Å². The first-order valence-electron chi connectivity index (χ1n) is 5.25. The normalized spacial score (nSPS) is 10.4. The lowest BCUT2D eigenvalue weighted by atomic mass is 10.0. The number of hydrogen-bond donors (Lipinski definition) is 0. The minimum atomic E-state index is -0.740. The van der Waals surface area contributed by atoms with Crippen molar-refractivity contribution in [2.75, 3.05) is 0 Å². The Kier molecular flexibility index (Phi) is 3.19. The summed E-state index contributed by atoms with van der Waals surface area (Å²) in [5.74, 6) is -2.38. The molecule has 0 aromatic heterocycles. The van der Waals surface area contributed by atoms with Crippen LogP contribution in [0.5, 0.6) is 0 Å². The summed E-state index contributed by atoms with van der Waals surface area (Å²) in [6, 6.07) is 6.36. The van der Waals surface area contributed by atoms with E-state index in [9.17, 15) is 18.0 Å². The summed E-state index contributed by atoms with van der Waals surface area (Å²) in [6.07, 6.45) is 0. The maximum atomic E-state index is 13.6. The Morgan fingerprint density at radius 2 is 1.44 bits per heavy atom. The van der Waals surface area contributed by atoms with E-state index >= 15 is 0 Å². The van der Waals surface area contributed by atoms with Crippen LogP contribution in [0.4, 0.5) is 13.2 Å². The van der Waals surface area contributed by atoms with Crippen LogP contribution in [-0.2, 0) is 0 Å². The molecule has 0 aliphatic carbocycles. The van der Waals surface area contributed by atoms with Gasteiger partial charge in [0.25, 0.3) is 0 Å². The number of Topliss-reactive ketones (excluding diaryl/α,β-unsaturated/α-hetero) is 1. The first kappa shape index (κ1) is 12.4. The molecule has 1 nitrogen and oxygen atoms in total. The molecule has 0 aliphatic heterocycles. The van der Waals surface area contributed by atoms with E-state index in [-0.39, 0.29) is 22.5 Å². The number of ketones is 1. The first-order valence-corrected chi connectivity index (χ1v) is 5.25. The Labute approximate surface area is 102 Å². The van der Waals surface area contributed by atoms with Gasteiger partial charge in [0, 0.05) is 16.7 Å². The third kappa shape index (κ3) is 2.27. The molecule has 0 heterocycles.